The molecule has 0 spiro atoms. The molecule has 0 unspecified atom stereocenters. The molecule has 0 nitrogen and oxygen atoms in total. The molecule has 0 atom stereocenters. The van der Waals surface area contributed by atoms with Gasteiger partial charge >= 0.3 is 0 Å². The monoisotopic (exact) mass is 300 g/mol. The minimum atomic E-state index is 1.28. The Balaban J connectivity index is 2.45. The quantitative estimate of drug-likeness (QED) is 0.672. The fraction of sp³-hybridized carbons (Fsp3) is 0.333. The van der Waals surface area contributed by atoms with Crippen molar-refractivity contribution in [3.63, 3.8) is 0 Å². The van der Waals surface area contributed by atoms with Crippen LogP contribution in [0.3, 0.4) is 0 Å². The van der Waals surface area contributed by atoms with Gasteiger partial charge in [-0.1, -0.05) is 0 Å². The van der Waals surface area contributed by atoms with E-state index in [-0.39, 0.29) is 0 Å². The Morgan fingerprint density at radius 2 is 2.10 bits per heavy atom. The van der Waals surface area contributed by atoms with Crippen LogP contribution in [-0.2, 0) is 0 Å². The molecule has 0 aliphatic carbocycles. The summed E-state index contributed by atoms with van der Waals surface area (Å²) in [6.45, 7) is 0. The lowest BCUT2D eigenvalue weighted by Gasteiger charge is -2.09. The molecule has 0 bridgehead atoms. The van der Waals surface area contributed by atoms with Crippen molar-refractivity contribution in [2.75, 3.05) is 11.5 Å². The van der Waals surface area contributed by atoms with Crippen LogP contribution in [0.25, 0.3) is 0 Å². The van der Waals surface area contributed by atoms with E-state index in [1.807, 2.05) is 34.9 Å². The molecule has 10 heavy (non-hydrogen) atoms. The maximum Gasteiger partial charge on any atom is 0.0800 e. The number of fused-ring (bicyclic) bond motifs is 1. The lowest BCUT2D eigenvalue weighted by atomic mass is 10.7. The van der Waals surface area contributed by atoms with Gasteiger partial charge in [0.25, 0.3) is 0 Å². The number of halogens is 1. The molecule has 0 saturated carbocycles. The molecule has 0 amide bonds. The van der Waals surface area contributed by atoms with Gasteiger partial charge in [-0.25, -0.2) is 0 Å². The predicted octanol–water partition coefficient (Wildman–Crippen LogP) is 3.55. The van der Waals surface area contributed by atoms with E-state index in [9.17, 15) is 0 Å². The zero-order valence-corrected chi connectivity index (χ0v) is 9.70. The van der Waals surface area contributed by atoms with Crippen molar-refractivity contribution >= 4 is 57.5 Å². The van der Waals surface area contributed by atoms with Crippen LogP contribution in [0, 0.1) is 2.88 Å². The van der Waals surface area contributed by atoms with Crippen LogP contribution < -0.4 is 0 Å². The molecule has 2 rings (SSSR count). The van der Waals surface area contributed by atoms with Gasteiger partial charge in [0.2, 0.25) is 0 Å². The number of rotatable bonds is 0. The molecule has 54 valence electrons. The zero-order chi connectivity index (χ0) is 6.97. The first-order valence-corrected chi connectivity index (χ1v) is 6.83. The third-order valence-corrected chi connectivity index (χ3v) is 6.52. The standard InChI is InChI=1S/C6H5IS3/c7-6-5-4(3-10-6)8-1-2-9-5/h3H,1-2H2. The van der Waals surface area contributed by atoms with Crippen molar-refractivity contribution in [1.29, 1.82) is 0 Å². The number of hydrogen-bond acceptors (Lipinski definition) is 3. The van der Waals surface area contributed by atoms with Crippen LogP contribution in [0.1, 0.15) is 0 Å². The summed E-state index contributed by atoms with van der Waals surface area (Å²) >= 11 is 8.29. The Kier molecular flexibility index (Phi) is 2.52. The maximum absolute atomic E-state index is 2.42. The van der Waals surface area contributed by atoms with Gasteiger partial charge in [-0.3, -0.25) is 0 Å². The van der Waals surface area contributed by atoms with E-state index in [1.54, 1.807) is 0 Å². The van der Waals surface area contributed by atoms with Crippen molar-refractivity contribution in [2.24, 2.45) is 0 Å². The molecule has 4 heteroatoms. The van der Waals surface area contributed by atoms with Gasteiger partial charge in [-0.2, -0.15) is 0 Å². The molecule has 0 N–H and O–H groups in total. The number of thiophene rings is 1. The molecular formula is C6H5IS3. The maximum atomic E-state index is 2.42. The topological polar surface area (TPSA) is 0 Å². The second kappa shape index (κ2) is 3.25. The summed E-state index contributed by atoms with van der Waals surface area (Å²) in [4.78, 5) is 3.03. The summed E-state index contributed by atoms with van der Waals surface area (Å²) in [6, 6.07) is 0. The van der Waals surface area contributed by atoms with E-state index in [0.29, 0.717) is 0 Å². The van der Waals surface area contributed by atoms with Crippen molar-refractivity contribution in [2.45, 2.75) is 9.79 Å². The summed E-state index contributed by atoms with van der Waals surface area (Å²) in [5, 5.41) is 2.27. The van der Waals surface area contributed by atoms with Crippen molar-refractivity contribution in [3.05, 3.63) is 8.26 Å². The van der Waals surface area contributed by atoms with Crippen LogP contribution in [0.2, 0.25) is 0 Å². The third-order valence-electron chi connectivity index (χ3n) is 1.26. The lowest BCUT2D eigenvalue weighted by molar-refractivity contribution is 1.27. The summed E-state index contributed by atoms with van der Waals surface area (Å²) in [7, 11) is 0. The molecule has 2 heterocycles. The van der Waals surface area contributed by atoms with Gasteiger partial charge in [0.15, 0.2) is 0 Å². The van der Waals surface area contributed by atoms with E-state index in [0.717, 1.165) is 0 Å². The number of thioether (sulfide) groups is 2. The Bertz CT molecular complexity index is 243. The third kappa shape index (κ3) is 1.35. The molecule has 1 aliphatic heterocycles. The fourth-order valence-electron chi connectivity index (χ4n) is 0.832. The first kappa shape index (κ1) is 7.76. The molecule has 0 saturated heterocycles. The molecule has 1 aromatic heterocycles. The Morgan fingerprint density at radius 1 is 1.30 bits per heavy atom. The Labute approximate surface area is 86.3 Å². The van der Waals surface area contributed by atoms with Gasteiger partial charge in [0.05, 0.1) is 2.88 Å². The second-order valence-electron chi connectivity index (χ2n) is 1.90. The highest BCUT2D eigenvalue weighted by Gasteiger charge is 2.14. The van der Waals surface area contributed by atoms with E-state index in [4.69, 9.17) is 0 Å². The van der Waals surface area contributed by atoms with Crippen LogP contribution in [-0.4, -0.2) is 11.5 Å². The highest BCUT2D eigenvalue weighted by molar-refractivity contribution is 14.1. The molecular weight excluding hydrogens is 295 g/mol. The molecule has 1 aliphatic rings. The van der Waals surface area contributed by atoms with Crippen molar-refractivity contribution in [3.8, 4) is 0 Å². The average molecular weight is 300 g/mol. The largest absolute Gasteiger partial charge is 0.135 e. The highest BCUT2D eigenvalue weighted by Crippen LogP contribution is 2.42. The van der Waals surface area contributed by atoms with Gasteiger partial charge in [-0.05, 0) is 22.6 Å². The first-order valence-electron chi connectivity index (χ1n) is 2.90. The van der Waals surface area contributed by atoms with Gasteiger partial charge in [0.1, 0.15) is 0 Å². The van der Waals surface area contributed by atoms with E-state index >= 15 is 0 Å². The minimum Gasteiger partial charge on any atom is -0.135 e. The van der Waals surface area contributed by atoms with Crippen molar-refractivity contribution < 1.29 is 0 Å². The SMILES string of the molecule is Ic1scc2c1SCCS2. The molecule has 1 aromatic rings. The minimum absolute atomic E-state index is 1.28. The summed E-state index contributed by atoms with van der Waals surface area (Å²) in [6.07, 6.45) is 0. The van der Waals surface area contributed by atoms with Crippen LogP contribution in [0.15, 0.2) is 15.2 Å². The molecule has 0 fully saturated rings. The normalized spacial score (nSPS) is 16.9. The van der Waals surface area contributed by atoms with Crippen LogP contribution in [0.5, 0.6) is 0 Å². The van der Waals surface area contributed by atoms with E-state index in [1.165, 1.54) is 24.2 Å². The molecule has 0 radical (unpaired) electrons. The van der Waals surface area contributed by atoms with Crippen LogP contribution in [0.4, 0.5) is 0 Å². The van der Waals surface area contributed by atoms with Gasteiger partial charge in [-0.15, -0.1) is 34.9 Å². The first-order chi connectivity index (χ1) is 4.88. The summed E-state index contributed by atoms with van der Waals surface area (Å²) in [5.41, 5.74) is 0. The van der Waals surface area contributed by atoms with Gasteiger partial charge < -0.3 is 0 Å². The summed E-state index contributed by atoms with van der Waals surface area (Å²) in [5.74, 6) is 2.56. The Hall–Kier alpha value is 1.13. The summed E-state index contributed by atoms with van der Waals surface area (Å²) < 4.78 is 1.46. The van der Waals surface area contributed by atoms with E-state index in [2.05, 4.69) is 28.0 Å². The van der Waals surface area contributed by atoms with Gasteiger partial charge in [0, 0.05) is 26.7 Å². The lowest BCUT2D eigenvalue weighted by Crippen LogP contribution is -1.90. The Morgan fingerprint density at radius 3 is 2.90 bits per heavy atom. The van der Waals surface area contributed by atoms with E-state index < -0.39 is 0 Å². The zero-order valence-electron chi connectivity index (χ0n) is 5.09. The second-order valence-corrected chi connectivity index (χ2v) is 6.83. The highest BCUT2D eigenvalue weighted by atomic mass is 127. The average Bonchev–Trinajstić information content (AvgIpc) is 2.34. The van der Waals surface area contributed by atoms with Crippen molar-refractivity contribution in [1.82, 2.24) is 0 Å². The smallest absolute Gasteiger partial charge is 0.0800 e. The fourth-order valence-corrected chi connectivity index (χ4v) is 5.57. The van der Waals surface area contributed by atoms with Crippen LogP contribution >= 0.6 is 57.5 Å². The molecule has 0 aromatic carbocycles. The predicted molar refractivity (Wildman–Crippen MR) is 58.5 cm³/mol. The number of hydrogen-bond donors (Lipinski definition) is 0.